The summed E-state index contributed by atoms with van der Waals surface area (Å²) in [4.78, 5) is 23.4. The van der Waals surface area contributed by atoms with Gasteiger partial charge in [-0.1, -0.05) is 18.9 Å². The molecule has 1 saturated carbocycles. The molecule has 0 bridgehead atoms. The molecule has 5 aromatic rings. The summed E-state index contributed by atoms with van der Waals surface area (Å²) in [6.45, 7) is 5.14. The Morgan fingerprint density at radius 1 is 1.11 bits per heavy atom. The minimum atomic E-state index is -0.509. The number of pyridine rings is 2. The van der Waals surface area contributed by atoms with Crippen LogP contribution in [0.5, 0.6) is 0 Å². The molecule has 9 heteroatoms. The molecule has 6 rings (SSSR count). The highest BCUT2D eigenvalue weighted by Crippen LogP contribution is 2.35. The Balaban J connectivity index is 1.54. The van der Waals surface area contributed by atoms with Crippen molar-refractivity contribution in [3.8, 4) is 0 Å². The third-order valence-electron chi connectivity index (χ3n) is 7.63. The molecule has 0 radical (unpaired) electrons. The number of hydrogen-bond donors (Lipinski definition) is 1. The first-order valence-electron chi connectivity index (χ1n) is 13.1. The summed E-state index contributed by atoms with van der Waals surface area (Å²) in [6.07, 6.45) is 9.63. The molecule has 1 aromatic carbocycles. The van der Waals surface area contributed by atoms with Crippen molar-refractivity contribution in [3.63, 3.8) is 0 Å². The van der Waals surface area contributed by atoms with Crippen LogP contribution in [-0.2, 0) is 13.1 Å². The normalized spacial score (nSPS) is 15.0. The van der Waals surface area contributed by atoms with E-state index in [4.69, 9.17) is 4.42 Å². The summed E-state index contributed by atoms with van der Waals surface area (Å²) in [6, 6.07) is 13.6. The molecule has 4 aromatic heterocycles. The largest absolute Gasteiger partial charge is 0.468 e. The molecule has 1 atom stereocenters. The first-order valence-corrected chi connectivity index (χ1v) is 13.1. The molecule has 0 saturated heterocycles. The van der Waals surface area contributed by atoms with E-state index in [-0.39, 0.29) is 11.6 Å². The average Bonchev–Trinajstić information content (AvgIpc) is 3.70. The van der Waals surface area contributed by atoms with E-state index in [0.29, 0.717) is 24.5 Å². The lowest BCUT2D eigenvalue weighted by Crippen LogP contribution is -2.35. The van der Waals surface area contributed by atoms with Crippen LogP contribution in [0.25, 0.3) is 10.9 Å². The lowest BCUT2D eigenvalue weighted by atomic mass is 10.00. The number of benzene rings is 1. The van der Waals surface area contributed by atoms with E-state index in [1.165, 1.54) is 5.56 Å². The van der Waals surface area contributed by atoms with Crippen LogP contribution in [0.2, 0.25) is 0 Å². The van der Waals surface area contributed by atoms with Crippen molar-refractivity contribution in [3.05, 3.63) is 105 Å². The number of fused-ring (bicyclic) bond motifs is 1. The van der Waals surface area contributed by atoms with Crippen LogP contribution in [0.4, 0.5) is 0 Å². The summed E-state index contributed by atoms with van der Waals surface area (Å²) < 4.78 is 7.71. The van der Waals surface area contributed by atoms with E-state index < -0.39 is 6.04 Å². The van der Waals surface area contributed by atoms with Gasteiger partial charge < -0.3 is 9.40 Å². The predicted octanol–water partition coefficient (Wildman–Crippen LogP) is 5.03. The lowest BCUT2D eigenvalue weighted by Gasteiger charge is -2.31. The average molecular weight is 510 g/mol. The van der Waals surface area contributed by atoms with Crippen molar-refractivity contribution in [1.29, 1.82) is 0 Å². The minimum absolute atomic E-state index is 0.151. The number of hydrogen-bond acceptors (Lipinski definition) is 7. The second kappa shape index (κ2) is 10.3. The molecule has 38 heavy (non-hydrogen) atoms. The standard InChI is InChI=1S/C29H31N7O2/c1-19-13-22-15-25(29(37)31-26(22)14-20(19)2)27(28-32-33-34-36(28)23-8-3-4-9-23)35(18-24-10-6-12-38-24)17-21-7-5-11-30-16-21/h5-7,10-16,23,27H,3-4,8-9,17-18H2,1-2H3,(H,31,37)/t27-/m0/s1. The van der Waals surface area contributed by atoms with Crippen molar-refractivity contribution in [2.24, 2.45) is 0 Å². The number of H-pyrrole nitrogens is 1. The molecule has 1 aliphatic carbocycles. The first kappa shape index (κ1) is 24.2. The topological polar surface area (TPSA) is 106 Å². The molecule has 0 amide bonds. The molecule has 4 heterocycles. The van der Waals surface area contributed by atoms with Gasteiger partial charge in [0.2, 0.25) is 0 Å². The van der Waals surface area contributed by atoms with Gasteiger partial charge in [-0.2, -0.15) is 0 Å². The minimum Gasteiger partial charge on any atom is -0.468 e. The Morgan fingerprint density at radius 2 is 1.95 bits per heavy atom. The summed E-state index contributed by atoms with van der Waals surface area (Å²) >= 11 is 0. The van der Waals surface area contributed by atoms with Gasteiger partial charge in [-0.3, -0.25) is 14.7 Å². The Morgan fingerprint density at radius 3 is 2.71 bits per heavy atom. The Kier molecular flexibility index (Phi) is 6.59. The third-order valence-corrected chi connectivity index (χ3v) is 7.63. The number of nitrogens with zero attached hydrogens (tertiary/aromatic N) is 6. The second-order valence-electron chi connectivity index (χ2n) is 10.2. The van der Waals surface area contributed by atoms with E-state index in [1.807, 2.05) is 47.3 Å². The lowest BCUT2D eigenvalue weighted by molar-refractivity contribution is 0.176. The molecule has 1 fully saturated rings. The zero-order valence-electron chi connectivity index (χ0n) is 21.7. The Hall–Kier alpha value is -4.11. The number of nitrogens with one attached hydrogen (secondary N) is 1. The molecule has 0 spiro atoms. The monoisotopic (exact) mass is 509 g/mol. The highest BCUT2D eigenvalue weighted by atomic mass is 16.3. The van der Waals surface area contributed by atoms with Crippen molar-refractivity contribution in [1.82, 2.24) is 35.1 Å². The fraction of sp³-hybridized carbons (Fsp3) is 0.345. The Labute approximate surface area is 220 Å². The number of aromatic nitrogens is 6. The van der Waals surface area contributed by atoms with Gasteiger partial charge in [0.1, 0.15) is 11.8 Å². The fourth-order valence-corrected chi connectivity index (χ4v) is 5.55. The zero-order valence-corrected chi connectivity index (χ0v) is 21.7. The SMILES string of the molecule is Cc1cc2cc([C@@H](c3nnnn3C3CCCC3)N(Cc3cccnc3)Cc3ccco3)c(=O)[nH]c2cc1C. The second-order valence-corrected chi connectivity index (χ2v) is 10.2. The van der Waals surface area contributed by atoms with Gasteiger partial charge in [-0.15, -0.1) is 5.10 Å². The van der Waals surface area contributed by atoms with Crippen LogP contribution in [0.15, 0.2) is 70.3 Å². The van der Waals surface area contributed by atoms with Crippen LogP contribution in [0, 0.1) is 13.8 Å². The van der Waals surface area contributed by atoms with Gasteiger partial charge in [0.15, 0.2) is 5.82 Å². The van der Waals surface area contributed by atoms with Crippen molar-refractivity contribution in [2.75, 3.05) is 0 Å². The van der Waals surface area contributed by atoms with Gasteiger partial charge >= 0.3 is 0 Å². The van der Waals surface area contributed by atoms with Crippen LogP contribution in [0.3, 0.4) is 0 Å². The molecular weight excluding hydrogens is 478 g/mol. The predicted molar refractivity (Wildman–Crippen MR) is 143 cm³/mol. The van der Waals surface area contributed by atoms with Gasteiger partial charge in [-0.25, -0.2) is 4.68 Å². The molecule has 194 valence electrons. The molecule has 1 aliphatic rings. The molecule has 0 aliphatic heterocycles. The van der Waals surface area contributed by atoms with E-state index in [1.54, 1.807) is 12.5 Å². The van der Waals surface area contributed by atoms with Crippen molar-refractivity contribution in [2.45, 2.75) is 64.7 Å². The highest BCUT2D eigenvalue weighted by molar-refractivity contribution is 5.81. The Bertz CT molecular complexity index is 1580. The zero-order chi connectivity index (χ0) is 26.1. The van der Waals surface area contributed by atoms with Crippen LogP contribution in [-0.4, -0.2) is 35.1 Å². The van der Waals surface area contributed by atoms with E-state index in [2.05, 4.69) is 50.3 Å². The maximum Gasteiger partial charge on any atom is 0.253 e. The maximum absolute atomic E-state index is 13.8. The molecule has 9 nitrogen and oxygen atoms in total. The summed E-state index contributed by atoms with van der Waals surface area (Å²) in [5.41, 5.74) is 4.60. The number of rotatable bonds is 8. The number of furan rings is 1. The third kappa shape index (κ3) is 4.77. The van der Waals surface area contributed by atoms with Crippen LogP contribution >= 0.6 is 0 Å². The molecule has 0 unspecified atom stereocenters. The fourth-order valence-electron chi connectivity index (χ4n) is 5.55. The molecular formula is C29H31N7O2. The van der Waals surface area contributed by atoms with Crippen molar-refractivity contribution < 1.29 is 4.42 Å². The number of aryl methyl sites for hydroxylation is 2. The highest BCUT2D eigenvalue weighted by Gasteiger charge is 2.34. The van der Waals surface area contributed by atoms with Crippen LogP contribution in [0.1, 0.15) is 71.6 Å². The molecule has 1 N–H and O–H groups in total. The summed E-state index contributed by atoms with van der Waals surface area (Å²) in [5, 5.41) is 14.1. The summed E-state index contributed by atoms with van der Waals surface area (Å²) in [5.74, 6) is 1.46. The van der Waals surface area contributed by atoms with Gasteiger partial charge in [0, 0.05) is 30.0 Å². The van der Waals surface area contributed by atoms with Crippen LogP contribution < -0.4 is 5.56 Å². The first-order chi connectivity index (χ1) is 18.6. The van der Waals surface area contributed by atoms with E-state index >= 15 is 0 Å². The number of tetrazole rings is 1. The number of aromatic amines is 1. The van der Waals surface area contributed by atoms with Gasteiger partial charge in [-0.05, 0) is 95.6 Å². The van der Waals surface area contributed by atoms with E-state index in [0.717, 1.165) is 53.5 Å². The van der Waals surface area contributed by atoms with Gasteiger partial charge in [0.05, 0.1) is 18.8 Å². The quantitative estimate of drug-likeness (QED) is 0.313. The van der Waals surface area contributed by atoms with Crippen molar-refractivity contribution >= 4 is 10.9 Å². The van der Waals surface area contributed by atoms with E-state index in [9.17, 15) is 4.79 Å². The van der Waals surface area contributed by atoms with Gasteiger partial charge in [0.25, 0.3) is 5.56 Å². The summed E-state index contributed by atoms with van der Waals surface area (Å²) in [7, 11) is 0. The smallest absolute Gasteiger partial charge is 0.253 e. The maximum atomic E-state index is 13.8.